The Bertz CT molecular complexity index is 1040. The van der Waals surface area contributed by atoms with Gasteiger partial charge in [0.2, 0.25) is 11.7 Å². The second kappa shape index (κ2) is 9.86. The number of rotatable bonds is 8. The first kappa shape index (κ1) is 22.7. The average Bonchev–Trinajstić information content (AvgIpc) is 3.21. The van der Waals surface area contributed by atoms with Crippen LogP contribution in [0.15, 0.2) is 28.8 Å². The zero-order valence-electron chi connectivity index (χ0n) is 17.3. The summed E-state index contributed by atoms with van der Waals surface area (Å²) >= 11 is 6.01. The average molecular weight is 447 g/mol. The number of amides is 1. The van der Waals surface area contributed by atoms with E-state index in [1.165, 1.54) is 0 Å². The first-order chi connectivity index (χ1) is 14.8. The van der Waals surface area contributed by atoms with E-state index in [2.05, 4.69) is 20.4 Å². The van der Waals surface area contributed by atoms with Crippen LogP contribution in [0, 0.1) is 20.8 Å². The summed E-state index contributed by atoms with van der Waals surface area (Å²) in [5.41, 5.74) is 3.84. The highest BCUT2D eigenvalue weighted by molar-refractivity contribution is 6.29. The number of aryl methyl sites for hydroxylation is 3. The Morgan fingerprint density at radius 1 is 1.16 bits per heavy atom. The third kappa shape index (κ3) is 5.78. The number of aliphatic hydroxyl groups is 2. The van der Waals surface area contributed by atoms with Gasteiger partial charge in [0, 0.05) is 23.4 Å². The lowest BCUT2D eigenvalue weighted by molar-refractivity contribution is -0.124. The molecule has 0 saturated heterocycles. The summed E-state index contributed by atoms with van der Waals surface area (Å²) in [6.45, 7) is 4.92. The Kier molecular flexibility index (Phi) is 7.21. The number of hydrogen-bond acceptors (Lipinski definition) is 8. The maximum absolute atomic E-state index is 11.1. The quantitative estimate of drug-likeness (QED) is 0.449. The minimum absolute atomic E-state index is 0.0127. The third-order valence-corrected chi connectivity index (χ3v) is 4.61. The number of pyridine rings is 1. The van der Waals surface area contributed by atoms with Crippen LogP contribution in [0.25, 0.3) is 22.8 Å². The molecule has 0 aliphatic rings. The second-order valence-electron chi connectivity index (χ2n) is 7.11. The van der Waals surface area contributed by atoms with Gasteiger partial charge in [-0.3, -0.25) is 4.79 Å². The number of aromatic nitrogens is 3. The van der Waals surface area contributed by atoms with Crippen LogP contribution < -0.4 is 10.1 Å². The molecule has 2 aromatic heterocycles. The Morgan fingerprint density at radius 3 is 2.52 bits per heavy atom. The number of hydrogen-bond donors (Lipinski definition) is 3. The Morgan fingerprint density at radius 2 is 1.87 bits per heavy atom. The standard InChI is InChI=1S/C21H23ClN4O5/c1-11-4-14(5-12(2)19(11)30-10-16(28)8-23-18(29)9-27)20-25-21(31-26-20)15-6-13(3)24-17(22)7-15/h4-7,16,27-28H,8-10H2,1-3H3,(H,23,29)/t16-/m0/s1. The molecule has 0 radical (unpaired) electrons. The van der Waals surface area contributed by atoms with Gasteiger partial charge in [-0.05, 0) is 56.2 Å². The Labute approximate surface area is 184 Å². The summed E-state index contributed by atoms with van der Waals surface area (Å²) in [5.74, 6) is 0.826. The molecule has 31 heavy (non-hydrogen) atoms. The molecule has 3 N–H and O–H groups in total. The van der Waals surface area contributed by atoms with E-state index >= 15 is 0 Å². The van der Waals surface area contributed by atoms with Crippen LogP contribution in [-0.2, 0) is 4.79 Å². The van der Waals surface area contributed by atoms with Crippen molar-refractivity contribution in [1.29, 1.82) is 0 Å². The van der Waals surface area contributed by atoms with Gasteiger partial charge in [-0.25, -0.2) is 4.98 Å². The van der Waals surface area contributed by atoms with Crippen molar-refractivity contribution in [2.75, 3.05) is 19.8 Å². The molecule has 10 heteroatoms. The molecule has 2 heterocycles. The van der Waals surface area contributed by atoms with Crippen molar-refractivity contribution in [2.45, 2.75) is 26.9 Å². The molecule has 164 valence electrons. The lowest BCUT2D eigenvalue weighted by Crippen LogP contribution is -2.36. The highest BCUT2D eigenvalue weighted by Crippen LogP contribution is 2.30. The Hall–Kier alpha value is -3.01. The largest absolute Gasteiger partial charge is 0.490 e. The molecule has 1 aromatic carbocycles. The van der Waals surface area contributed by atoms with E-state index in [1.807, 2.05) is 39.0 Å². The predicted octanol–water partition coefficient (Wildman–Crippen LogP) is 2.23. The number of nitrogens with one attached hydrogen (secondary N) is 1. The first-order valence-corrected chi connectivity index (χ1v) is 9.93. The van der Waals surface area contributed by atoms with E-state index in [0.717, 1.165) is 22.4 Å². The molecule has 0 aliphatic heterocycles. The lowest BCUT2D eigenvalue weighted by atomic mass is 10.1. The number of carbonyl (C=O) groups is 1. The number of carbonyl (C=O) groups excluding carboxylic acids is 1. The fourth-order valence-corrected chi connectivity index (χ4v) is 3.29. The minimum Gasteiger partial charge on any atom is -0.490 e. The monoisotopic (exact) mass is 446 g/mol. The van der Waals surface area contributed by atoms with Crippen LogP contribution in [0.4, 0.5) is 0 Å². The van der Waals surface area contributed by atoms with Gasteiger partial charge in [-0.15, -0.1) is 0 Å². The smallest absolute Gasteiger partial charge is 0.258 e. The Balaban J connectivity index is 1.73. The highest BCUT2D eigenvalue weighted by atomic mass is 35.5. The van der Waals surface area contributed by atoms with Gasteiger partial charge >= 0.3 is 0 Å². The van der Waals surface area contributed by atoms with Gasteiger partial charge in [-0.2, -0.15) is 4.98 Å². The number of benzene rings is 1. The van der Waals surface area contributed by atoms with Crippen molar-refractivity contribution in [3.8, 4) is 28.6 Å². The van der Waals surface area contributed by atoms with Gasteiger partial charge in [0.25, 0.3) is 5.89 Å². The van der Waals surface area contributed by atoms with Gasteiger partial charge in [0.1, 0.15) is 30.2 Å². The van der Waals surface area contributed by atoms with Crippen LogP contribution in [0.2, 0.25) is 5.15 Å². The molecule has 1 amide bonds. The molecule has 3 aromatic rings. The summed E-state index contributed by atoms with van der Waals surface area (Å²) in [4.78, 5) is 19.6. The molecule has 9 nitrogen and oxygen atoms in total. The van der Waals surface area contributed by atoms with Gasteiger partial charge in [0.15, 0.2) is 0 Å². The van der Waals surface area contributed by atoms with Gasteiger partial charge in [0.05, 0.1) is 0 Å². The summed E-state index contributed by atoms with van der Waals surface area (Å²) in [6.07, 6.45) is -0.913. The number of nitrogens with zero attached hydrogens (tertiary/aromatic N) is 3. The van der Waals surface area contributed by atoms with Crippen molar-refractivity contribution in [2.24, 2.45) is 0 Å². The van der Waals surface area contributed by atoms with Crippen molar-refractivity contribution in [1.82, 2.24) is 20.4 Å². The molecule has 0 unspecified atom stereocenters. The maximum atomic E-state index is 11.1. The molecule has 0 aliphatic carbocycles. The molecule has 0 bridgehead atoms. The molecular formula is C21H23ClN4O5. The van der Waals surface area contributed by atoms with Crippen LogP contribution in [0.1, 0.15) is 16.8 Å². The van der Waals surface area contributed by atoms with E-state index in [1.54, 1.807) is 6.07 Å². The summed E-state index contributed by atoms with van der Waals surface area (Å²) in [7, 11) is 0. The van der Waals surface area contributed by atoms with Crippen molar-refractivity contribution in [3.63, 3.8) is 0 Å². The minimum atomic E-state index is -0.913. The fraction of sp³-hybridized carbons (Fsp3) is 0.333. The topological polar surface area (TPSA) is 131 Å². The van der Waals surface area contributed by atoms with E-state index in [-0.39, 0.29) is 13.2 Å². The third-order valence-electron chi connectivity index (χ3n) is 4.41. The van der Waals surface area contributed by atoms with Crippen molar-refractivity contribution < 1.29 is 24.3 Å². The summed E-state index contributed by atoms with van der Waals surface area (Å²) in [5, 5.41) is 25.4. The zero-order chi connectivity index (χ0) is 22.5. The zero-order valence-corrected chi connectivity index (χ0v) is 18.1. The van der Waals surface area contributed by atoms with Crippen molar-refractivity contribution >= 4 is 17.5 Å². The number of halogens is 1. The van der Waals surface area contributed by atoms with Crippen LogP contribution in [-0.4, -0.2) is 57.1 Å². The highest BCUT2D eigenvalue weighted by Gasteiger charge is 2.16. The summed E-state index contributed by atoms with van der Waals surface area (Å²) in [6, 6.07) is 7.20. The van der Waals surface area contributed by atoms with Crippen molar-refractivity contribution in [3.05, 3.63) is 46.2 Å². The van der Waals surface area contributed by atoms with E-state index in [9.17, 15) is 9.90 Å². The molecule has 3 rings (SSSR count). The molecular weight excluding hydrogens is 424 g/mol. The van der Waals surface area contributed by atoms with Gasteiger partial charge < -0.3 is 24.8 Å². The van der Waals surface area contributed by atoms with Crippen LogP contribution in [0.3, 0.4) is 0 Å². The van der Waals surface area contributed by atoms with E-state index < -0.39 is 18.6 Å². The first-order valence-electron chi connectivity index (χ1n) is 9.55. The molecule has 0 saturated carbocycles. The maximum Gasteiger partial charge on any atom is 0.258 e. The molecule has 1 atom stereocenters. The van der Waals surface area contributed by atoms with Gasteiger partial charge in [-0.1, -0.05) is 16.8 Å². The normalized spacial score (nSPS) is 11.9. The van der Waals surface area contributed by atoms with E-state index in [4.69, 9.17) is 26.0 Å². The number of aliphatic hydroxyl groups excluding tert-OH is 2. The summed E-state index contributed by atoms with van der Waals surface area (Å²) < 4.78 is 11.1. The second-order valence-corrected chi connectivity index (χ2v) is 7.50. The molecule has 0 spiro atoms. The van der Waals surface area contributed by atoms with E-state index in [0.29, 0.717) is 28.2 Å². The SMILES string of the molecule is Cc1cc(-c2nc(-c3cc(C)c(OC[C@@H](O)CNC(=O)CO)c(C)c3)no2)cc(Cl)n1. The predicted molar refractivity (Wildman–Crippen MR) is 114 cm³/mol. The number of ether oxygens (including phenoxy) is 1. The molecule has 0 fully saturated rings. The lowest BCUT2D eigenvalue weighted by Gasteiger charge is -2.16. The van der Waals surface area contributed by atoms with Crippen LogP contribution >= 0.6 is 11.6 Å². The fourth-order valence-electron chi connectivity index (χ4n) is 3.04. The van der Waals surface area contributed by atoms with Crippen LogP contribution in [0.5, 0.6) is 5.75 Å².